The highest BCUT2D eigenvalue weighted by Gasteiger charge is 2.11. The molecule has 0 fully saturated rings. The Morgan fingerprint density at radius 1 is 1.31 bits per heavy atom. The number of rotatable bonds is 1. The highest BCUT2D eigenvalue weighted by molar-refractivity contribution is 8.14. The third kappa shape index (κ3) is 2.79. The Balaban J connectivity index is 2.06. The van der Waals surface area contributed by atoms with E-state index in [0.29, 0.717) is 5.92 Å². The summed E-state index contributed by atoms with van der Waals surface area (Å²) in [5.74, 6) is 1.87. The molecule has 1 heterocycles. The van der Waals surface area contributed by atoms with Gasteiger partial charge < -0.3 is 5.32 Å². The number of amidine groups is 1. The molecule has 0 aliphatic carbocycles. The molecule has 1 aliphatic rings. The van der Waals surface area contributed by atoms with Crippen LogP contribution in [0.5, 0.6) is 0 Å². The molecule has 3 heteroatoms. The first-order valence-electron chi connectivity index (χ1n) is 5.66. The SMILES string of the molecule is Cc1ccc(NC2=NCC(C)CS2)cc1C. The maximum atomic E-state index is 4.53. The minimum Gasteiger partial charge on any atom is -0.335 e. The van der Waals surface area contributed by atoms with Crippen LogP contribution in [0.2, 0.25) is 0 Å². The Bertz CT molecular complexity index is 412. The highest BCUT2D eigenvalue weighted by atomic mass is 32.2. The van der Waals surface area contributed by atoms with Crippen LogP contribution >= 0.6 is 11.8 Å². The molecule has 0 radical (unpaired) electrons. The van der Waals surface area contributed by atoms with Gasteiger partial charge in [0, 0.05) is 18.0 Å². The van der Waals surface area contributed by atoms with E-state index in [1.54, 1.807) is 0 Å². The largest absolute Gasteiger partial charge is 0.335 e. The molecule has 1 N–H and O–H groups in total. The van der Waals surface area contributed by atoms with Crippen LogP contribution in [0.15, 0.2) is 23.2 Å². The van der Waals surface area contributed by atoms with E-state index in [0.717, 1.165) is 23.2 Å². The number of hydrogen-bond donors (Lipinski definition) is 1. The van der Waals surface area contributed by atoms with Crippen molar-refractivity contribution in [2.24, 2.45) is 10.9 Å². The monoisotopic (exact) mass is 234 g/mol. The number of aryl methyl sites for hydroxylation is 2. The van der Waals surface area contributed by atoms with Gasteiger partial charge in [-0.1, -0.05) is 24.8 Å². The van der Waals surface area contributed by atoms with Crippen molar-refractivity contribution in [3.63, 3.8) is 0 Å². The van der Waals surface area contributed by atoms with Crippen molar-refractivity contribution < 1.29 is 0 Å². The number of benzene rings is 1. The molecule has 1 atom stereocenters. The second kappa shape index (κ2) is 4.91. The van der Waals surface area contributed by atoms with E-state index < -0.39 is 0 Å². The zero-order chi connectivity index (χ0) is 11.5. The van der Waals surface area contributed by atoms with Crippen molar-refractivity contribution in [1.29, 1.82) is 0 Å². The summed E-state index contributed by atoms with van der Waals surface area (Å²) in [6.45, 7) is 7.45. The molecule has 86 valence electrons. The lowest BCUT2D eigenvalue weighted by Crippen LogP contribution is -2.18. The van der Waals surface area contributed by atoms with Gasteiger partial charge in [-0.05, 0) is 43.0 Å². The molecule has 0 aromatic heterocycles. The summed E-state index contributed by atoms with van der Waals surface area (Å²) in [5.41, 5.74) is 3.79. The smallest absolute Gasteiger partial charge is 0.161 e. The number of aliphatic imine (C=N–C) groups is 1. The van der Waals surface area contributed by atoms with E-state index in [2.05, 4.69) is 49.3 Å². The molecule has 2 nitrogen and oxygen atoms in total. The molecule has 0 amide bonds. The van der Waals surface area contributed by atoms with Crippen molar-refractivity contribution in [1.82, 2.24) is 0 Å². The first kappa shape index (κ1) is 11.5. The van der Waals surface area contributed by atoms with Gasteiger partial charge in [0.1, 0.15) is 0 Å². The molecule has 2 rings (SSSR count). The maximum Gasteiger partial charge on any atom is 0.161 e. The quantitative estimate of drug-likeness (QED) is 0.805. The summed E-state index contributed by atoms with van der Waals surface area (Å²) in [5, 5.41) is 4.44. The lowest BCUT2D eigenvalue weighted by atomic mass is 10.1. The molecule has 1 aromatic rings. The Morgan fingerprint density at radius 2 is 2.12 bits per heavy atom. The molecular weight excluding hydrogens is 216 g/mol. The number of hydrogen-bond acceptors (Lipinski definition) is 3. The van der Waals surface area contributed by atoms with E-state index in [-0.39, 0.29) is 0 Å². The molecular formula is C13H18N2S. The van der Waals surface area contributed by atoms with Crippen LogP contribution in [0, 0.1) is 19.8 Å². The minimum atomic E-state index is 0.704. The van der Waals surface area contributed by atoms with Crippen LogP contribution < -0.4 is 5.32 Å². The number of thioether (sulfide) groups is 1. The summed E-state index contributed by atoms with van der Waals surface area (Å²) < 4.78 is 0. The minimum absolute atomic E-state index is 0.704. The predicted molar refractivity (Wildman–Crippen MR) is 73.5 cm³/mol. The van der Waals surface area contributed by atoms with Crippen LogP contribution in [0.4, 0.5) is 5.69 Å². The van der Waals surface area contributed by atoms with Gasteiger partial charge in [0.2, 0.25) is 0 Å². The third-order valence-corrected chi connectivity index (χ3v) is 4.05. The Hall–Kier alpha value is -0.960. The van der Waals surface area contributed by atoms with E-state index in [9.17, 15) is 0 Å². The Labute approximate surface area is 102 Å². The van der Waals surface area contributed by atoms with Gasteiger partial charge in [0.15, 0.2) is 5.17 Å². The number of nitrogens with one attached hydrogen (secondary N) is 1. The van der Waals surface area contributed by atoms with Gasteiger partial charge in [0.05, 0.1) is 0 Å². The fourth-order valence-electron chi connectivity index (χ4n) is 1.58. The highest BCUT2D eigenvalue weighted by Crippen LogP contribution is 2.20. The Morgan fingerprint density at radius 3 is 2.75 bits per heavy atom. The molecule has 1 aliphatic heterocycles. The maximum absolute atomic E-state index is 4.53. The van der Waals surface area contributed by atoms with Crippen LogP contribution in [0.3, 0.4) is 0 Å². The average molecular weight is 234 g/mol. The van der Waals surface area contributed by atoms with Crippen molar-refractivity contribution in [2.45, 2.75) is 20.8 Å². The predicted octanol–water partition coefficient (Wildman–Crippen LogP) is 3.45. The van der Waals surface area contributed by atoms with Gasteiger partial charge in [-0.2, -0.15) is 0 Å². The molecule has 1 unspecified atom stereocenters. The molecule has 0 saturated heterocycles. The summed E-state index contributed by atoms with van der Waals surface area (Å²) in [4.78, 5) is 4.53. The zero-order valence-corrected chi connectivity index (χ0v) is 10.9. The zero-order valence-electron chi connectivity index (χ0n) is 10.1. The van der Waals surface area contributed by atoms with Gasteiger partial charge >= 0.3 is 0 Å². The van der Waals surface area contributed by atoms with Gasteiger partial charge in [-0.3, -0.25) is 4.99 Å². The molecule has 0 bridgehead atoms. The van der Waals surface area contributed by atoms with E-state index in [1.165, 1.54) is 11.1 Å². The van der Waals surface area contributed by atoms with Crippen LogP contribution in [-0.4, -0.2) is 17.5 Å². The van der Waals surface area contributed by atoms with Crippen molar-refractivity contribution in [2.75, 3.05) is 17.6 Å². The molecule has 0 spiro atoms. The number of nitrogens with zero attached hydrogens (tertiary/aromatic N) is 1. The van der Waals surface area contributed by atoms with Crippen molar-refractivity contribution >= 4 is 22.6 Å². The second-order valence-electron chi connectivity index (χ2n) is 4.49. The average Bonchev–Trinajstić information content (AvgIpc) is 2.27. The van der Waals surface area contributed by atoms with Gasteiger partial charge in [0.25, 0.3) is 0 Å². The summed E-state index contributed by atoms with van der Waals surface area (Å²) in [6, 6.07) is 6.44. The van der Waals surface area contributed by atoms with Crippen molar-refractivity contribution in [3.8, 4) is 0 Å². The molecule has 1 aromatic carbocycles. The van der Waals surface area contributed by atoms with Crippen LogP contribution in [0.25, 0.3) is 0 Å². The number of anilines is 1. The fraction of sp³-hybridized carbons (Fsp3) is 0.462. The summed E-state index contributed by atoms with van der Waals surface area (Å²) in [7, 11) is 0. The van der Waals surface area contributed by atoms with E-state index in [1.807, 2.05) is 11.8 Å². The Kier molecular flexibility index (Phi) is 3.54. The van der Waals surface area contributed by atoms with Gasteiger partial charge in [-0.25, -0.2) is 0 Å². The fourth-order valence-corrected chi connectivity index (χ4v) is 2.48. The summed E-state index contributed by atoms with van der Waals surface area (Å²) >= 11 is 1.82. The normalized spacial score (nSPS) is 20.4. The first-order chi connectivity index (χ1) is 7.65. The third-order valence-electron chi connectivity index (χ3n) is 2.81. The van der Waals surface area contributed by atoms with Crippen LogP contribution in [0.1, 0.15) is 18.1 Å². The summed E-state index contributed by atoms with van der Waals surface area (Å²) in [6.07, 6.45) is 0. The molecule has 16 heavy (non-hydrogen) atoms. The lowest BCUT2D eigenvalue weighted by molar-refractivity contribution is 0.674. The standard InChI is InChI=1S/C13H18N2S/c1-9-7-14-13(16-8-9)15-12-5-4-10(2)11(3)6-12/h4-6,9H,7-8H2,1-3H3,(H,14,15). The lowest BCUT2D eigenvalue weighted by Gasteiger charge is -2.18. The second-order valence-corrected chi connectivity index (χ2v) is 5.49. The molecule has 0 saturated carbocycles. The topological polar surface area (TPSA) is 24.4 Å². The first-order valence-corrected chi connectivity index (χ1v) is 6.65. The van der Waals surface area contributed by atoms with Crippen molar-refractivity contribution in [3.05, 3.63) is 29.3 Å². The van der Waals surface area contributed by atoms with Crippen LogP contribution in [-0.2, 0) is 0 Å². The van der Waals surface area contributed by atoms with Gasteiger partial charge in [-0.15, -0.1) is 0 Å². The van der Waals surface area contributed by atoms with E-state index >= 15 is 0 Å². The van der Waals surface area contributed by atoms with E-state index in [4.69, 9.17) is 0 Å².